The maximum absolute atomic E-state index is 12.6. The van der Waals surface area contributed by atoms with Crippen LogP contribution in [-0.4, -0.2) is 55.0 Å². The van der Waals surface area contributed by atoms with Crippen molar-refractivity contribution in [2.75, 3.05) is 39.3 Å². The Morgan fingerprint density at radius 1 is 1.08 bits per heavy atom. The van der Waals surface area contributed by atoms with Crippen LogP contribution in [0.25, 0.3) is 0 Å². The fourth-order valence-electron chi connectivity index (χ4n) is 3.72. The molecule has 2 saturated heterocycles. The molecule has 0 bridgehead atoms. The number of amides is 1. The lowest BCUT2D eigenvalue weighted by Gasteiger charge is -2.37. The number of hydrogen-bond donors (Lipinski definition) is 1. The molecule has 2 aliphatic heterocycles. The number of nitrogens with one attached hydrogen (secondary N) is 1. The van der Waals surface area contributed by atoms with Crippen molar-refractivity contribution in [1.82, 2.24) is 15.1 Å². The van der Waals surface area contributed by atoms with E-state index in [0.29, 0.717) is 11.8 Å². The number of piperazine rings is 1. The second kappa shape index (κ2) is 9.56. The maximum atomic E-state index is 12.6. The first-order valence-corrected chi connectivity index (χ1v) is 9.44. The number of hydrogen-bond acceptors (Lipinski definition) is 3. The Bertz CT molecular complexity index is 532. The number of benzene rings is 1. The molecule has 2 fully saturated rings. The third kappa shape index (κ3) is 5.44. The van der Waals surface area contributed by atoms with Crippen LogP contribution in [0.3, 0.4) is 0 Å². The van der Waals surface area contributed by atoms with E-state index in [1.54, 1.807) is 0 Å². The van der Waals surface area contributed by atoms with Gasteiger partial charge in [0.2, 0.25) is 5.91 Å². The monoisotopic (exact) mass is 365 g/mol. The van der Waals surface area contributed by atoms with Gasteiger partial charge in [0, 0.05) is 38.6 Å². The molecule has 0 aliphatic carbocycles. The van der Waals surface area contributed by atoms with Crippen molar-refractivity contribution in [3.05, 3.63) is 35.4 Å². The quantitative estimate of drug-likeness (QED) is 0.891. The molecule has 0 radical (unpaired) electrons. The van der Waals surface area contributed by atoms with Crippen molar-refractivity contribution >= 4 is 18.3 Å². The summed E-state index contributed by atoms with van der Waals surface area (Å²) in [6.45, 7) is 11.2. The van der Waals surface area contributed by atoms with E-state index < -0.39 is 0 Å². The number of halogens is 1. The van der Waals surface area contributed by atoms with Crippen molar-refractivity contribution < 1.29 is 4.79 Å². The zero-order valence-corrected chi connectivity index (χ0v) is 16.4. The normalized spacial score (nSPS) is 19.7. The van der Waals surface area contributed by atoms with Gasteiger partial charge < -0.3 is 10.2 Å². The zero-order chi connectivity index (χ0) is 16.9. The standard InChI is InChI=1S/C20H31N3O.ClH/c1-16(2)18-5-3-17(4-6-18)15-22-11-13-23(14-12-22)20(24)19-7-9-21-10-8-19;/h3-6,16,19,21H,7-15H2,1-2H3;1H. The molecule has 3 rings (SSSR count). The Balaban J connectivity index is 0.00000225. The van der Waals surface area contributed by atoms with Crippen molar-refractivity contribution in [2.24, 2.45) is 5.92 Å². The third-order valence-corrected chi connectivity index (χ3v) is 5.42. The van der Waals surface area contributed by atoms with Gasteiger partial charge in [-0.1, -0.05) is 38.1 Å². The van der Waals surface area contributed by atoms with Crippen LogP contribution < -0.4 is 5.32 Å². The van der Waals surface area contributed by atoms with E-state index >= 15 is 0 Å². The Labute approximate surface area is 158 Å². The fraction of sp³-hybridized carbons (Fsp3) is 0.650. The molecule has 5 heteroatoms. The van der Waals surface area contributed by atoms with E-state index in [1.807, 2.05) is 0 Å². The van der Waals surface area contributed by atoms with Gasteiger partial charge in [-0.15, -0.1) is 12.4 Å². The SMILES string of the molecule is CC(C)c1ccc(CN2CCN(C(=O)C3CCNCC3)CC2)cc1.Cl. The second-order valence-electron chi connectivity index (χ2n) is 7.52. The van der Waals surface area contributed by atoms with Crippen molar-refractivity contribution in [2.45, 2.75) is 39.2 Å². The number of carbonyl (C=O) groups is 1. The third-order valence-electron chi connectivity index (χ3n) is 5.42. The minimum absolute atomic E-state index is 0. The minimum atomic E-state index is 0. The molecule has 2 aliphatic rings. The van der Waals surface area contributed by atoms with Crippen LogP contribution in [0.4, 0.5) is 0 Å². The topological polar surface area (TPSA) is 35.6 Å². The van der Waals surface area contributed by atoms with Gasteiger partial charge >= 0.3 is 0 Å². The molecule has 0 unspecified atom stereocenters. The number of rotatable bonds is 4. The highest BCUT2D eigenvalue weighted by molar-refractivity contribution is 5.85. The van der Waals surface area contributed by atoms with Crippen molar-refractivity contribution in [3.8, 4) is 0 Å². The summed E-state index contributed by atoms with van der Waals surface area (Å²) in [5.41, 5.74) is 2.77. The van der Waals surface area contributed by atoms with Crippen molar-refractivity contribution in [3.63, 3.8) is 0 Å². The molecule has 4 nitrogen and oxygen atoms in total. The molecular weight excluding hydrogens is 334 g/mol. The molecule has 2 heterocycles. The van der Waals surface area contributed by atoms with E-state index in [0.717, 1.165) is 58.7 Å². The lowest BCUT2D eigenvalue weighted by atomic mass is 9.96. The van der Waals surface area contributed by atoms with Gasteiger partial charge in [-0.05, 0) is 43.0 Å². The summed E-state index contributed by atoms with van der Waals surface area (Å²) >= 11 is 0. The van der Waals surface area contributed by atoms with E-state index in [1.165, 1.54) is 11.1 Å². The van der Waals surface area contributed by atoms with Crippen LogP contribution in [0.5, 0.6) is 0 Å². The highest BCUT2D eigenvalue weighted by atomic mass is 35.5. The van der Waals surface area contributed by atoms with Crippen LogP contribution in [0, 0.1) is 5.92 Å². The van der Waals surface area contributed by atoms with Gasteiger partial charge in [-0.2, -0.15) is 0 Å². The average molecular weight is 366 g/mol. The first kappa shape index (κ1) is 20.2. The fourth-order valence-corrected chi connectivity index (χ4v) is 3.72. The number of carbonyl (C=O) groups excluding carboxylic acids is 1. The summed E-state index contributed by atoms with van der Waals surface area (Å²) < 4.78 is 0. The Morgan fingerprint density at radius 3 is 2.24 bits per heavy atom. The van der Waals surface area contributed by atoms with Gasteiger partial charge in [0.05, 0.1) is 0 Å². The largest absolute Gasteiger partial charge is 0.340 e. The summed E-state index contributed by atoms with van der Waals surface area (Å²) in [4.78, 5) is 17.2. The smallest absolute Gasteiger partial charge is 0.225 e. The molecule has 140 valence electrons. The van der Waals surface area contributed by atoms with E-state index in [2.05, 4.69) is 53.2 Å². The van der Waals surface area contributed by atoms with Gasteiger partial charge in [0.1, 0.15) is 0 Å². The van der Waals surface area contributed by atoms with Crippen LogP contribution in [-0.2, 0) is 11.3 Å². The van der Waals surface area contributed by atoms with Gasteiger partial charge in [-0.25, -0.2) is 0 Å². The predicted octanol–water partition coefficient (Wildman–Crippen LogP) is 2.88. The first-order chi connectivity index (χ1) is 11.6. The molecule has 1 amide bonds. The van der Waals surface area contributed by atoms with E-state index in [4.69, 9.17) is 0 Å². The zero-order valence-electron chi connectivity index (χ0n) is 15.5. The van der Waals surface area contributed by atoms with Crippen LogP contribution in [0.15, 0.2) is 24.3 Å². The Kier molecular flexibility index (Phi) is 7.73. The molecule has 0 atom stereocenters. The second-order valence-corrected chi connectivity index (χ2v) is 7.52. The van der Waals surface area contributed by atoms with Crippen LogP contribution in [0.2, 0.25) is 0 Å². The lowest BCUT2D eigenvalue weighted by Crippen LogP contribution is -2.51. The average Bonchev–Trinajstić information content (AvgIpc) is 2.63. The summed E-state index contributed by atoms with van der Waals surface area (Å²) in [6, 6.07) is 9.00. The molecular formula is C20H32ClN3O. The van der Waals surface area contributed by atoms with E-state index in [9.17, 15) is 4.79 Å². The summed E-state index contributed by atoms with van der Waals surface area (Å²) in [6.07, 6.45) is 2.00. The van der Waals surface area contributed by atoms with Crippen molar-refractivity contribution in [1.29, 1.82) is 0 Å². The molecule has 1 N–H and O–H groups in total. The maximum Gasteiger partial charge on any atom is 0.225 e. The predicted molar refractivity (Wildman–Crippen MR) is 105 cm³/mol. The van der Waals surface area contributed by atoms with Gasteiger partial charge in [0.15, 0.2) is 0 Å². The molecule has 0 aromatic heterocycles. The highest BCUT2D eigenvalue weighted by Gasteiger charge is 2.28. The number of nitrogens with zero attached hydrogens (tertiary/aromatic N) is 2. The molecule has 0 saturated carbocycles. The summed E-state index contributed by atoms with van der Waals surface area (Å²) in [7, 11) is 0. The lowest BCUT2D eigenvalue weighted by molar-refractivity contribution is -0.138. The van der Waals surface area contributed by atoms with Crippen LogP contribution in [0.1, 0.15) is 43.7 Å². The molecule has 1 aromatic carbocycles. The molecule has 25 heavy (non-hydrogen) atoms. The summed E-state index contributed by atoms with van der Waals surface area (Å²) in [5, 5.41) is 3.34. The van der Waals surface area contributed by atoms with Crippen LogP contribution >= 0.6 is 12.4 Å². The number of piperidine rings is 1. The van der Waals surface area contributed by atoms with E-state index in [-0.39, 0.29) is 18.3 Å². The van der Waals surface area contributed by atoms with Gasteiger partial charge in [-0.3, -0.25) is 9.69 Å². The summed E-state index contributed by atoms with van der Waals surface area (Å²) in [5.74, 6) is 1.22. The highest BCUT2D eigenvalue weighted by Crippen LogP contribution is 2.18. The Morgan fingerprint density at radius 2 is 1.68 bits per heavy atom. The first-order valence-electron chi connectivity index (χ1n) is 9.44. The van der Waals surface area contributed by atoms with Gasteiger partial charge in [0.25, 0.3) is 0 Å². The molecule has 0 spiro atoms. The Hall–Kier alpha value is -1.10. The minimum Gasteiger partial charge on any atom is -0.340 e. The molecule has 1 aromatic rings.